The highest BCUT2D eigenvalue weighted by molar-refractivity contribution is 8.04. The Bertz CT molecular complexity index is 873. The number of carbonyl (C=O) groups is 1. The number of nitrogens with one attached hydrogen (secondary N) is 1. The number of aryl methyl sites for hydroxylation is 1. The van der Waals surface area contributed by atoms with Crippen molar-refractivity contribution in [3.8, 4) is 5.75 Å². The maximum Gasteiger partial charge on any atom is 0.224 e. The zero-order valence-electron chi connectivity index (χ0n) is 12.7. The fourth-order valence-electron chi connectivity index (χ4n) is 2.45. The molecule has 3 nitrogen and oxygen atoms in total. The van der Waals surface area contributed by atoms with Gasteiger partial charge in [-0.1, -0.05) is 43.5 Å². The van der Waals surface area contributed by atoms with E-state index in [4.69, 9.17) is 4.18 Å². The summed E-state index contributed by atoms with van der Waals surface area (Å²) in [6, 6.07) is 13.6. The molecule has 1 heterocycles. The second-order valence-electron chi connectivity index (χ2n) is 5.26. The maximum atomic E-state index is 11.4. The molecule has 0 aliphatic carbocycles. The van der Waals surface area contributed by atoms with Crippen molar-refractivity contribution in [2.75, 3.05) is 5.32 Å². The van der Waals surface area contributed by atoms with E-state index >= 15 is 0 Å². The fraction of sp³-hybridized carbons (Fsp3) is 0.105. The molecule has 0 unspecified atom stereocenters. The monoisotopic (exact) mass is 323 g/mol. The van der Waals surface area contributed by atoms with Crippen LogP contribution in [0.15, 0.2) is 55.1 Å². The van der Waals surface area contributed by atoms with Gasteiger partial charge >= 0.3 is 0 Å². The summed E-state index contributed by atoms with van der Waals surface area (Å²) in [7, 11) is 0. The highest BCUT2D eigenvalue weighted by atomic mass is 32.2. The third-order valence-corrected chi connectivity index (χ3v) is 4.51. The number of fused-ring (bicyclic) bond motifs is 1. The van der Waals surface area contributed by atoms with Crippen molar-refractivity contribution in [2.45, 2.75) is 12.8 Å². The van der Waals surface area contributed by atoms with Crippen molar-refractivity contribution in [3.05, 3.63) is 71.1 Å². The Hall–Kier alpha value is -2.46. The molecule has 116 valence electrons. The second kappa shape index (κ2) is 6.75. The van der Waals surface area contributed by atoms with Gasteiger partial charge in [-0.15, -0.1) is 0 Å². The predicted octanol–water partition coefficient (Wildman–Crippen LogP) is 3.00. The first kappa shape index (κ1) is 15.4. The van der Waals surface area contributed by atoms with Gasteiger partial charge in [0.2, 0.25) is 5.91 Å². The van der Waals surface area contributed by atoms with Crippen LogP contribution in [0.25, 0.3) is 11.5 Å². The van der Waals surface area contributed by atoms with E-state index in [9.17, 15) is 4.79 Å². The number of anilines is 1. The lowest BCUT2D eigenvalue weighted by atomic mass is 10.0. The molecule has 1 aliphatic rings. The van der Waals surface area contributed by atoms with E-state index in [1.807, 2.05) is 42.5 Å². The molecule has 4 heteroatoms. The van der Waals surface area contributed by atoms with E-state index in [1.165, 1.54) is 12.0 Å². The molecule has 1 amide bonds. The van der Waals surface area contributed by atoms with Gasteiger partial charge in [-0.2, -0.15) is 0 Å². The van der Waals surface area contributed by atoms with Gasteiger partial charge < -0.3 is 9.50 Å². The fourth-order valence-corrected chi connectivity index (χ4v) is 3.10. The van der Waals surface area contributed by atoms with Crippen molar-refractivity contribution in [1.29, 1.82) is 0 Å². The molecule has 1 N–H and O–H groups in total. The van der Waals surface area contributed by atoms with Gasteiger partial charge in [0.05, 0.1) is 16.9 Å². The van der Waals surface area contributed by atoms with Crippen LogP contribution in [0.1, 0.15) is 12.0 Å². The van der Waals surface area contributed by atoms with E-state index in [2.05, 4.69) is 18.5 Å². The van der Waals surface area contributed by atoms with Gasteiger partial charge in [-0.05, 0) is 40.6 Å². The number of rotatable bonds is 4. The summed E-state index contributed by atoms with van der Waals surface area (Å²) in [6.45, 7) is 7.89. The van der Waals surface area contributed by atoms with Crippen molar-refractivity contribution in [3.63, 3.8) is 0 Å². The highest BCUT2D eigenvalue weighted by Gasteiger charge is 2.15. The van der Waals surface area contributed by atoms with Crippen LogP contribution in [-0.2, 0) is 11.2 Å². The second-order valence-corrected chi connectivity index (χ2v) is 6.03. The standard InChI is InChI=1S/C19H17NO2S/c1-3-18(16-7-5-4-6-13(16)2)23-22-15-9-10-17-14(12-15)8-11-19(21)20-17/h3-7,9-10,12H,1-2,8,11H2,(H,20,21)/b18-16+. The Kier molecular flexibility index (Phi) is 4.53. The Labute approximate surface area is 139 Å². The third-order valence-electron chi connectivity index (χ3n) is 3.67. The number of amides is 1. The minimum Gasteiger partial charge on any atom is -0.421 e. The van der Waals surface area contributed by atoms with Gasteiger partial charge in [0.1, 0.15) is 5.75 Å². The van der Waals surface area contributed by atoms with Crippen LogP contribution in [0.5, 0.6) is 5.75 Å². The average Bonchev–Trinajstić information content (AvgIpc) is 2.57. The first-order valence-corrected chi connectivity index (χ1v) is 8.09. The molecule has 0 aromatic heterocycles. The minimum atomic E-state index is 0.0647. The maximum absolute atomic E-state index is 11.4. The summed E-state index contributed by atoms with van der Waals surface area (Å²) < 4.78 is 5.83. The summed E-state index contributed by atoms with van der Waals surface area (Å²) >= 11 is 1.26. The summed E-state index contributed by atoms with van der Waals surface area (Å²) in [6.07, 6.45) is 3.03. The Balaban J connectivity index is 1.82. The number of hydrogen-bond acceptors (Lipinski definition) is 3. The third kappa shape index (κ3) is 3.48. The molecular weight excluding hydrogens is 306 g/mol. The molecule has 3 rings (SSSR count). The highest BCUT2D eigenvalue weighted by Crippen LogP contribution is 2.30. The lowest BCUT2D eigenvalue weighted by Crippen LogP contribution is -2.23. The number of hydrogen-bond donors (Lipinski definition) is 1. The van der Waals surface area contributed by atoms with Crippen LogP contribution < -0.4 is 19.9 Å². The van der Waals surface area contributed by atoms with E-state index in [0.29, 0.717) is 6.42 Å². The van der Waals surface area contributed by atoms with Crippen molar-refractivity contribution >= 4 is 35.1 Å². The summed E-state index contributed by atoms with van der Waals surface area (Å²) in [5.74, 6) is 0.820. The van der Waals surface area contributed by atoms with Crippen LogP contribution in [0.4, 0.5) is 5.69 Å². The van der Waals surface area contributed by atoms with E-state index in [1.54, 1.807) is 6.08 Å². The number of carbonyl (C=O) groups excluding carboxylic acids is 1. The summed E-state index contributed by atoms with van der Waals surface area (Å²) in [5, 5.41) is 4.81. The zero-order valence-corrected chi connectivity index (χ0v) is 13.5. The number of benzene rings is 2. The van der Waals surface area contributed by atoms with Crippen LogP contribution in [-0.4, -0.2) is 5.91 Å². The Morgan fingerprint density at radius 2 is 2.04 bits per heavy atom. The molecule has 0 atom stereocenters. The van der Waals surface area contributed by atoms with Gasteiger partial charge in [-0.3, -0.25) is 4.79 Å². The van der Waals surface area contributed by atoms with Gasteiger partial charge in [-0.25, -0.2) is 0 Å². The van der Waals surface area contributed by atoms with E-state index in [0.717, 1.165) is 38.8 Å². The molecule has 0 fully saturated rings. The smallest absolute Gasteiger partial charge is 0.224 e. The van der Waals surface area contributed by atoms with Crippen LogP contribution in [0.2, 0.25) is 0 Å². The molecule has 0 radical (unpaired) electrons. The first-order valence-electron chi connectivity index (χ1n) is 7.35. The van der Waals surface area contributed by atoms with Gasteiger partial charge in [0, 0.05) is 12.1 Å². The van der Waals surface area contributed by atoms with Gasteiger partial charge in [0.25, 0.3) is 0 Å². The lowest BCUT2D eigenvalue weighted by Gasteiger charge is -2.17. The lowest BCUT2D eigenvalue weighted by molar-refractivity contribution is -0.116. The molecule has 0 bridgehead atoms. The molecule has 0 spiro atoms. The molecule has 2 aromatic carbocycles. The molecule has 2 aromatic rings. The molecule has 23 heavy (non-hydrogen) atoms. The quantitative estimate of drug-likeness (QED) is 0.879. The largest absolute Gasteiger partial charge is 0.421 e. The Morgan fingerprint density at radius 1 is 1.22 bits per heavy atom. The Morgan fingerprint density at radius 3 is 2.83 bits per heavy atom. The van der Waals surface area contributed by atoms with Crippen molar-refractivity contribution in [2.24, 2.45) is 0 Å². The van der Waals surface area contributed by atoms with Crippen LogP contribution in [0.3, 0.4) is 0 Å². The SMILES string of the molecule is C=C/C(SOc1ccc2c(c1)CCC(=O)N2)=c1/ccccc1=C. The van der Waals surface area contributed by atoms with Crippen molar-refractivity contribution < 1.29 is 8.98 Å². The minimum absolute atomic E-state index is 0.0647. The zero-order chi connectivity index (χ0) is 16.2. The molecule has 1 aliphatic heterocycles. The summed E-state index contributed by atoms with van der Waals surface area (Å²) in [5.41, 5.74) is 1.97. The average molecular weight is 323 g/mol. The molecular formula is C19H17NO2S. The predicted molar refractivity (Wildman–Crippen MR) is 96.4 cm³/mol. The molecule has 0 saturated heterocycles. The first-order chi connectivity index (χ1) is 11.2. The van der Waals surface area contributed by atoms with E-state index < -0.39 is 0 Å². The van der Waals surface area contributed by atoms with Crippen molar-refractivity contribution in [1.82, 2.24) is 0 Å². The topological polar surface area (TPSA) is 38.3 Å². The van der Waals surface area contributed by atoms with E-state index in [-0.39, 0.29) is 5.91 Å². The van der Waals surface area contributed by atoms with Crippen LogP contribution in [0, 0.1) is 0 Å². The van der Waals surface area contributed by atoms with Crippen LogP contribution >= 0.6 is 12.0 Å². The van der Waals surface area contributed by atoms with Gasteiger partial charge in [0.15, 0.2) is 0 Å². The normalized spacial score (nSPS) is 14.5. The molecule has 0 saturated carbocycles. The summed E-state index contributed by atoms with van der Waals surface area (Å²) in [4.78, 5) is 12.3.